The summed E-state index contributed by atoms with van der Waals surface area (Å²) in [5.74, 6) is 0.226. The van der Waals surface area contributed by atoms with Gasteiger partial charge in [0.05, 0.1) is 11.5 Å². The second-order valence-corrected chi connectivity index (χ2v) is 4.27. The van der Waals surface area contributed by atoms with Crippen LogP contribution in [0.1, 0.15) is 24.8 Å². The molecule has 2 heteroatoms. The molecule has 0 N–H and O–H groups in total. The van der Waals surface area contributed by atoms with E-state index in [2.05, 4.69) is 18.2 Å². The van der Waals surface area contributed by atoms with Gasteiger partial charge in [0, 0.05) is 12.8 Å². The number of nitrogens with zero attached hydrogens (tertiary/aromatic N) is 1. The van der Waals surface area contributed by atoms with E-state index in [9.17, 15) is 4.79 Å². The van der Waals surface area contributed by atoms with E-state index in [0.717, 1.165) is 12.8 Å². The van der Waals surface area contributed by atoms with E-state index in [4.69, 9.17) is 5.26 Å². The average Bonchev–Trinajstić information content (AvgIpc) is 2.24. The minimum atomic E-state index is -0.354. The van der Waals surface area contributed by atoms with Gasteiger partial charge in [0.1, 0.15) is 5.78 Å². The van der Waals surface area contributed by atoms with Crippen LogP contribution in [0.25, 0.3) is 0 Å². The van der Waals surface area contributed by atoms with Crippen molar-refractivity contribution < 1.29 is 4.79 Å². The summed E-state index contributed by atoms with van der Waals surface area (Å²) >= 11 is 0. The van der Waals surface area contributed by atoms with Gasteiger partial charge in [-0.2, -0.15) is 5.26 Å². The lowest BCUT2D eigenvalue weighted by molar-refractivity contribution is -0.130. The summed E-state index contributed by atoms with van der Waals surface area (Å²) in [6, 6.07) is 12.4. The lowest BCUT2D eigenvalue weighted by Gasteiger charge is -2.33. The Balaban J connectivity index is 1.94. The monoisotopic (exact) mass is 199 g/mol. The molecule has 1 aliphatic carbocycles. The van der Waals surface area contributed by atoms with E-state index in [1.807, 2.05) is 18.2 Å². The first-order chi connectivity index (χ1) is 7.24. The van der Waals surface area contributed by atoms with Gasteiger partial charge in [0.15, 0.2) is 0 Å². The molecule has 0 aromatic heterocycles. The molecular formula is C13H13NO. The van der Waals surface area contributed by atoms with Crippen LogP contribution in [-0.4, -0.2) is 5.78 Å². The van der Waals surface area contributed by atoms with Gasteiger partial charge in [-0.05, 0) is 18.4 Å². The average molecular weight is 199 g/mol. The number of benzene rings is 1. The second kappa shape index (κ2) is 3.86. The highest BCUT2D eigenvalue weighted by molar-refractivity contribution is 5.87. The highest BCUT2D eigenvalue weighted by Gasteiger charge is 2.43. The number of carbonyl (C=O) groups excluding carboxylic acids is 1. The lowest BCUT2D eigenvalue weighted by Crippen LogP contribution is -2.36. The smallest absolute Gasteiger partial charge is 0.136 e. The van der Waals surface area contributed by atoms with Crippen LogP contribution in [0.4, 0.5) is 0 Å². The van der Waals surface area contributed by atoms with Crippen molar-refractivity contribution in [1.82, 2.24) is 0 Å². The first kappa shape index (κ1) is 9.92. The molecule has 0 heterocycles. The molecule has 76 valence electrons. The number of aryl methyl sites for hydroxylation is 1. The molecule has 0 bridgehead atoms. The van der Waals surface area contributed by atoms with Crippen molar-refractivity contribution in [2.24, 2.45) is 5.41 Å². The van der Waals surface area contributed by atoms with Gasteiger partial charge in [-0.3, -0.25) is 4.79 Å². The Kier molecular flexibility index (Phi) is 2.55. The zero-order valence-electron chi connectivity index (χ0n) is 8.57. The number of Topliss-reactive ketones (excluding diaryl/α,β-unsaturated/α-hetero) is 1. The van der Waals surface area contributed by atoms with Crippen molar-refractivity contribution in [2.75, 3.05) is 0 Å². The van der Waals surface area contributed by atoms with Crippen LogP contribution in [0, 0.1) is 16.7 Å². The quantitative estimate of drug-likeness (QED) is 0.750. The summed E-state index contributed by atoms with van der Waals surface area (Å²) in [7, 11) is 0. The molecule has 0 saturated heterocycles. The zero-order valence-corrected chi connectivity index (χ0v) is 8.57. The molecule has 1 aliphatic rings. The van der Waals surface area contributed by atoms with Crippen LogP contribution >= 0.6 is 0 Å². The van der Waals surface area contributed by atoms with E-state index >= 15 is 0 Å². The fourth-order valence-electron chi connectivity index (χ4n) is 2.04. The predicted molar refractivity (Wildman–Crippen MR) is 57.1 cm³/mol. The van der Waals surface area contributed by atoms with Crippen molar-refractivity contribution in [3.05, 3.63) is 35.9 Å². The van der Waals surface area contributed by atoms with Crippen molar-refractivity contribution in [1.29, 1.82) is 5.26 Å². The molecule has 1 aromatic carbocycles. The van der Waals surface area contributed by atoms with Crippen LogP contribution in [0.5, 0.6) is 0 Å². The summed E-state index contributed by atoms with van der Waals surface area (Å²) in [4.78, 5) is 10.9. The summed E-state index contributed by atoms with van der Waals surface area (Å²) in [6.45, 7) is 0. The lowest BCUT2D eigenvalue weighted by atomic mass is 9.66. The zero-order chi connectivity index (χ0) is 10.7. The van der Waals surface area contributed by atoms with Crippen LogP contribution in [0.2, 0.25) is 0 Å². The number of carbonyl (C=O) groups is 1. The highest BCUT2D eigenvalue weighted by atomic mass is 16.1. The van der Waals surface area contributed by atoms with Crippen molar-refractivity contribution in [2.45, 2.75) is 25.7 Å². The summed E-state index contributed by atoms with van der Waals surface area (Å²) in [5, 5.41) is 9.03. The van der Waals surface area contributed by atoms with Crippen LogP contribution in [0.15, 0.2) is 30.3 Å². The van der Waals surface area contributed by atoms with Gasteiger partial charge in [-0.15, -0.1) is 0 Å². The van der Waals surface area contributed by atoms with Crippen LogP contribution < -0.4 is 0 Å². The van der Waals surface area contributed by atoms with Crippen molar-refractivity contribution >= 4 is 5.78 Å². The molecule has 2 rings (SSSR count). The van der Waals surface area contributed by atoms with Crippen LogP contribution in [0.3, 0.4) is 0 Å². The Morgan fingerprint density at radius 2 is 1.93 bits per heavy atom. The largest absolute Gasteiger partial charge is 0.300 e. The van der Waals surface area contributed by atoms with Gasteiger partial charge in [0.25, 0.3) is 0 Å². The van der Waals surface area contributed by atoms with Gasteiger partial charge >= 0.3 is 0 Å². The second-order valence-electron chi connectivity index (χ2n) is 4.27. The summed E-state index contributed by atoms with van der Waals surface area (Å²) < 4.78 is 0. The molecule has 0 unspecified atom stereocenters. The molecule has 1 fully saturated rings. The molecule has 2 nitrogen and oxygen atoms in total. The third-order valence-corrected chi connectivity index (χ3v) is 3.04. The molecule has 0 atom stereocenters. The maximum Gasteiger partial charge on any atom is 0.136 e. The van der Waals surface area contributed by atoms with E-state index in [0.29, 0.717) is 12.8 Å². The third-order valence-electron chi connectivity index (χ3n) is 3.04. The molecule has 1 saturated carbocycles. The van der Waals surface area contributed by atoms with Gasteiger partial charge < -0.3 is 0 Å². The molecule has 0 radical (unpaired) electrons. The SMILES string of the molecule is N#CC1(CCc2ccccc2)CC(=O)C1. The van der Waals surface area contributed by atoms with Gasteiger partial charge in [0.2, 0.25) is 0 Å². The van der Waals surface area contributed by atoms with Gasteiger partial charge in [-0.25, -0.2) is 0 Å². The Morgan fingerprint density at radius 1 is 1.27 bits per heavy atom. The minimum Gasteiger partial charge on any atom is -0.300 e. The first-order valence-corrected chi connectivity index (χ1v) is 5.21. The van der Waals surface area contributed by atoms with E-state index in [1.54, 1.807) is 0 Å². The van der Waals surface area contributed by atoms with Gasteiger partial charge in [-0.1, -0.05) is 30.3 Å². The fraction of sp³-hybridized carbons (Fsp3) is 0.385. The maximum atomic E-state index is 10.9. The minimum absolute atomic E-state index is 0.226. The summed E-state index contributed by atoms with van der Waals surface area (Å²) in [6.07, 6.45) is 2.60. The van der Waals surface area contributed by atoms with E-state index in [1.165, 1.54) is 5.56 Å². The van der Waals surface area contributed by atoms with Crippen molar-refractivity contribution in [3.63, 3.8) is 0 Å². The number of nitriles is 1. The Labute approximate surface area is 89.5 Å². The molecular weight excluding hydrogens is 186 g/mol. The van der Waals surface area contributed by atoms with Crippen molar-refractivity contribution in [3.8, 4) is 6.07 Å². The Hall–Kier alpha value is -1.62. The maximum absolute atomic E-state index is 10.9. The molecule has 15 heavy (non-hydrogen) atoms. The number of rotatable bonds is 3. The molecule has 0 aliphatic heterocycles. The molecule has 0 spiro atoms. The number of hydrogen-bond donors (Lipinski definition) is 0. The van der Waals surface area contributed by atoms with Crippen LogP contribution in [-0.2, 0) is 11.2 Å². The normalized spacial score (nSPS) is 17.9. The van der Waals surface area contributed by atoms with E-state index in [-0.39, 0.29) is 11.2 Å². The summed E-state index contributed by atoms with van der Waals surface area (Å²) in [5.41, 5.74) is 0.888. The Morgan fingerprint density at radius 3 is 2.47 bits per heavy atom. The number of ketones is 1. The topological polar surface area (TPSA) is 40.9 Å². The molecule has 1 aromatic rings. The van der Waals surface area contributed by atoms with E-state index < -0.39 is 0 Å². The third kappa shape index (κ3) is 2.07. The highest BCUT2D eigenvalue weighted by Crippen LogP contribution is 2.41. The predicted octanol–water partition coefficient (Wildman–Crippen LogP) is 2.49. The number of hydrogen-bond acceptors (Lipinski definition) is 2. The standard InChI is InChI=1S/C13H13NO/c14-10-13(8-12(15)9-13)7-6-11-4-2-1-3-5-11/h1-5H,6-9H2. The Bertz CT molecular complexity index is 394. The first-order valence-electron chi connectivity index (χ1n) is 5.21. The fourth-order valence-corrected chi connectivity index (χ4v) is 2.04. The molecule has 0 amide bonds.